The van der Waals surface area contributed by atoms with E-state index in [1.807, 2.05) is 24.4 Å². The van der Waals surface area contributed by atoms with Crippen LogP contribution in [-0.4, -0.2) is 21.1 Å². The lowest BCUT2D eigenvalue weighted by atomic mass is 9.96. The Hall–Kier alpha value is -1.75. The zero-order chi connectivity index (χ0) is 14.1. The molecule has 0 aromatic carbocycles. The van der Waals surface area contributed by atoms with Gasteiger partial charge in [0.2, 0.25) is 0 Å². The molecule has 0 saturated heterocycles. The second kappa shape index (κ2) is 5.32. The summed E-state index contributed by atoms with van der Waals surface area (Å²) in [6, 6.07) is 7.06. The Bertz CT molecular complexity index is 661. The normalized spacial score (nSPS) is 17.9. The zero-order valence-electron chi connectivity index (χ0n) is 10.8. The van der Waals surface area contributed by atoms with E-state index >= 15 is 0 Å². The Kier molecular flexibility index (Phi) is 3.53. The Morgan fingerprint density at radius 3 is 3.00 bits per heavy atom. The SMILES string of the molecule is O=C1CCC(C(=O)Cc2ccc(Br)cn2)n2cccc21. The minimum Gasteiger partial charge on any atom is -0.335 e. The summed E-state index contributed by atoms with van der Waals surface area (Å²) >= 11 is 3.32. The lowest BCUT2D eigenvalue weighted by molar-refractivity contribution is -0.121. The maximum absolute atomic E-state index is 12.4. The Morgan fingerprint density at radius 1 is 1.40 bits per heavy atom. The number of hydrogen-bond acceptors (Lipinski definition) is 3. The van der Waals surface area contributed by atoms with Gasteiger partial charge in [0.05, 0.1) is 18.2 Å². The average molecular weight is 333 g/mol. The van der Waals surface area contributed by atoms with Crippen molar-refractivity contribution in [2.45, 2.75) is 25.3 Å². The summed E-state index contributed by atoms with van der Waals surface area (Å²) in [7, 11) is 0. The predicted molar refractivity (Wildman–Crippen MR) is 77.7 cm³/mol. The third kappa shape index (κ3) is 2.45. The maximum Gasteiger partial charge on any atom is 0.179 e. The molecule has 0 saturated carbocycles. The van der Waals surface area contributed by atoms with Crippen molar-refractivity contribution < 1.29 is 9.59 Å². The molecule has 0 fully saturated rings. The molecule has 20 heavy (non-hydrogen) atoms. The number of ketones is 2. The maximum atomic E-state index is 12.4. The number of halogens is 1. The summed E-state index contributed by atoms with van der Waals surface area (Å²) in [5.41, 5.74) is 1.39. The van der Waals surface area contributed by atoms with E-state index in [0.29, 0.717) is 25.0 Å². The second-order valence-electron chi connectivity index (χ2n) is 4.89. The number of nitrogens with zero attached hydrogens (tertiary/aromatic N) is 2. The van der Waals surface area contributed by atoms with Gasteiger partial charge in [-0.25, -0.2) is 0 Å². The van der Waals surface area contributed by atoms with Crippen molar-refractivity contribution in [3.8, 4) is 0 Å². The van der Waals surface area contributed by atoms with Crippen molar-refractivity contribution in [2.24, 2.45) is 0 Å². The predicted octanol–water partition coefficient (Wildman–Crippen LogP) is 2.98. The Morgan fingerprint density at radius 2 is 2.25 bits per heavy atom. The number of aromatic nitrogens is 2. The first kappa shape index (κ1) is 13.2. The van der Waals surface area contributed by atoms with E-state index in [0.717, 1.165) is 10.2 Å². The van der Waals surface area contributed by atoms with Gasteiger partial charge < -0.3 is 4.57 Å². The van der Waals surface area contributed by atoms with Crippen LogP contribution in [0.1, 0.15) is 35.1 Å². The first-order valence-corrected chi connectivity index (χ1v) is 7.27. The van der Waals surface area contributed by atoms with Gasteiger partial charge in [0.15, 0.2) is 11.6 Å². The number of rotatable bonds is 3. The molecule has 0 aliphatic carbocycles. The minimum absolute atomic E-state index is 0.102. The first-order valence-electron chi connectivity index (χ1n) is 6.48. The number of hydrogen-bond donors (Lipinski definition) is 0. The van der Waals surface area contributed by atoms with Crippen LogP contribution < -0.4 is 0 Å². The van der Waals surface area contributed by atoms with Crippen LogP contribution >= 0.6 is 15.9 Å². The average Bonchev–Trinajstić information content (AvgIpc) is 2.92. The van der Waals surface area contributed by atoms with Crippen LogP contribution in [0.25, 0.3) is 0 Å². The fraction of sp³-hybridized carbons (Fsp3) is 0.267. The van der Waals surface area contributed by atoms with E-state index in [4.69, 9.17) is 0 Å². The Balaban J connectivity index is 1.80. The number of carbonyl (C=O) groups excluding carboxylic acids is 2. The molecular weight excluding hydrogens is 320 g/mol. The molecule has 3 rings (SSSR count). The van der Waals surface area contributed by atoms with Crippen molar-refractivity contribution in [2.75, 3.05) is 0 Å². The molecule has 3 heterocycles. The van der Waals surface area contributed by atoms with Gasteiger partial charge in [0.25, 0.3) is 0 Å². The van der Waals surface area contributed by atoms with Crippen LogP contribution in [0.4, 0.5) is 0 Å². The molecule has 2 aromatic rings. The molecule has 0 spiro atoms. The highest BCUT2D eigenvalue weighted by atomic mass is 79.9. The molecule has 1 unspecified atom stereocenters. The van der Waals surface area contributed by atoms with E-state index in [9.17, 15) is 9.59 Å². The van der Waals surface area contributed by atoms with Crippen LogP contribution in [-0.2, 0) is 11.2 Å². The third-order valence-corrected chi connectivity index (χ3v) is 4.03. The smallest absolute Gasteiger partial charge is 0.179 e. The quantitative estimate of drug-likeness (QED) is 0.868. The second-order valence-corrected chi connectivity index (χ2v) is 5.80. The summed E-state index contributed by atoms with van der Waals surface area (Å²) < 4.78 is 2.69. The molecule has 4 nitrogen and oxygen atoms in total. The van der Waals surface area contributed by atoms with Gasteiger partial charge >= 0.3 is 0 Å². The van der Waals surface area contributed by atoms with Gasteiger partial charge in [-0.2, -0.15) is 0 Å². The number of Topliss-reactive ketones (excluding diaryl/α,β-unsaturated/α-hetero) is 2. The summed E-state index contributed by atoms with van der Waals surface area (Å²) in [5, 5.41) is 0. The molecule has 5 heteroatoms. The fourth-order valence-corrected chi connectivity index (χ4v) is 2.79. The van der Waals surface area contributed by atoms with Gasteiger partial charge in [0, 0.05) is 29.0 Å². The van der Waals surface area contributed by atoms with Crippen LogP contribution in [0.2, 0.25) is 0 Å². The highest BCUT2D eigenvalue weighted by molar-refractivity contribution is 9.10. The van der Waals surface area contributed by atoms with Gasteiger partial charge in [-0.3, -0.25) is 14.6 Å². The topological polar surface area (TPSA) is 52.0 Å². The molecule has 0 N–H and O–H groups in total. The summed E-state index contributed by atoms with van der Waals surface area (Å²) in [4.78, 5) is 28.4. The molecule has 0 bridgehead atoms. The number of fused-ring (bicyclic) bond motifs is 1. The number of pyridine rings is 1. The van der Waals surface area contributed by atoms with Crippen molar-refractivity contribution in [3.63, 3.8) is 0 Å². The molecule has 2 aromatic heterocycles. The van der Waals surface area contributed by atoms with Crippen LogP contribution in [0.3, 0.4) is 0 Å². The van der Waals surface area contributed by atoms with Crippen molar-refractivity contribution in [3.05, 3.63) is 52.5 Å². The summed E-state index contributed by atoms with van der Waals surface area (Å²) in [6.07, 6.45) is 4.81. The van der Waals surface area contributed by atoms with Gasteiger partial charge in [0.1, 0.15) is 0 Å². The highest BCUT2D eigenvalue weighted by Gasteiger charge is 2.29. The largest absolute Gasteiger partial charge is 0.335 e. The zero-order valence-corrected chi connectivity index (χ0v) is 12.3. The van der Waals surface area contributed by atoms with Gasteiger partial charge in [-0.1, -0.05) is 0 Å². The highest BCUT2D eigenvalue weighted by Crippen LogP contribution is 2.27. The third-order valence-electron chi connectivity index (χ3n) is 3.56. The van der Waals surface area contributed by atoms with Crippen LogP contribution in [0.5, 0.6) is 0 Å². The minimum atomic E-state index is -0.247. The molecule has 1 atom stereocenters. The van der Waals surface area contributed by atoms with E-state index < -0.39 is 0 Å². The first-order chi connectivity index (χ1) is 9.65. The van der Waals surface area contributed by atoms with Crippen molar-refractivity contribution in [1.82, 2.24) is 9.55 Å². The summed E-state index contributed by atoms with van der Waals surface area (Å²) in [5.74, 6) is 0.214. The molecule has 102 valence electrons. The molecule has 1 aliphatic rings. The lowest BCUT2D eigenvalue weighted by Crippen LogP contribution is -2.28. The van der Waals surface area contributed by atoms with Crippen molar-refractivity contribution in [1.29, 1.82) is 0 Å². The van der Waals surface area contributed by atoms with Crippen LogP contribution in [0.15, 0.2) is 41.1 Å². The van der Waals surface area contributed by atoms with E-state index in [1.54, 1.807) is 16.8 Å². The molecule has 0 radical (unpaired) electrons. The molecular formula is C15H13BrN2O2. The van der Waals surface area contributed by atoms with E-state index in [2.05, 4.69) is 20.9 Å². The van der Waals surface area contributed by atoms with E-state index in [-0.39, 0.29) is 17.6 Å². The Labute approximate surface area is 125 Å². The fourth-order valence-electron chi connectivity index (χ4n) is 2.56. The monoisotopic (exact) mass is 332 g/mol. The van der Waals surface area contributed by atoms with Gasteiger partial charge in [-0.05, 0) is 46.6 Å². The molecule has 1 aliphatic heterocycles. The lowest BCUT2D eigenvalue weighted by Gasteiger charge is -2.24. The van der Waals surface area contributed by atoms with E-state index in [1.165, 1.54) is 0 Å². The van der Waals surface area contributed by atoms with Crippen LogP contribution in [0, 0.1) is 0 Å². The molecule has 0 amide bonds. The van der Waals surface area contributed by atoms with Gasteiger partial charge in [-0.15, -0.1) is 0 Å². The van der Waals surface area contributed by atoms with Crippen molar-refractivity contribution >= 4 is 27.5 Å². The number of carbonyl (C=O) groups is 2. The summed E-state index contributed by atoms with van der Waals surface area (Å²) in [6.45, 7) is 0. The standard InChI is InChI=1S/C15H13BrN2O2/c16-10-3-4-11(17-9-10)8-15(20)13-5-6-14(19)12-2-1-7-18(12)13/h1-4,7,9,13H,5-6,8H2.